The Bertz CT molecular complexity index is 750. The van der Waals surface area contributed by atoms with Gasteiger partial charge in [0.1, 0.15) is 5.75 Å². The van der Waals surface area contributed by atoms with E-state index < -0.39 is 0 Å². The molecule has 3 rings (SSSR count). The molecule has 1 aliphatic heterocycles. The Hall–Kier alpha value is -2.80. The molecule has 1 aromatic heterocycles. The van der Waals surface area contributed by atoms with Crippen molar-refractivity contribution in [2.75, 3.05) is 33.3 Å². The summed E-state index contributed by atoms with van der Waals surface area (Å²) >= 11 is 0. The standard InChI is InChI=1S/C20H25N3O4/c1-15(19(24)21-14-16-5-7-17(26-2)8-6-16)22-9-11-23(12-10-22)20(25)18-4-3-13-27-18/h3-8,13,15H,9-12,14H2,1-2H3,(H,21,24)/p+1/t15-/m1/s1. The molecule has 0 spiro atoms. The van der Waals surface area contributed by atoms with E-state index in [1.807, 2.05) is 31.2 Å². The SMILES string of the molecule is COc1ccc(CNC(=O)[C@@H](C)[NH+]2CCN(C(=O)c3ccco3)CC2)cc1. The van der Waals surface area contributed by atoms with Crippen LogP contribution >= 0.6 is 0 Å². The number of rotatable bonds is 6. The molecule has 0 bridgehead atoms. The van der Waals surface area contributed by atoms with Gasteiger partial charge in [-0.15, -0.1) is 0 Å². The van der Waals surface area contributed by atoms with Crippen LogP contribution in [0, 0.1) is 0 Å². The number of nitrogens with zero attached hydrogens (tertiary/aromatic N) is 1. The average molecular weight is 372 g/mol. The number of hydrogen-bond acceptors (Lipinski definition) is 4. The molecule has 1 saturated heterocycles. The number of hydrogen-bond donors (Lipinski definition) is 2. The van der Waals surface area contributed by atoms with Gasteiger partial charge < -0.3 is 24.3 Å². The number of nitrogens with one attached hydrogen (secondary N) is 2. The molecule has 7 heteroatoms. The van der Waals surface area contributed by atoms with Crippen molar-refractivity contribution in [3.8, 4) is 5.75 Å². The van der Waals surface area contributed by atoms with E-state index in [4.69, 9.17) is 9.15 Å². The van der Waals surface area contributed by atoms with Crippen molar-refractivity contribution in [2.45, 2.75) is 19.5 Å². The number of benzene rings is 1. The number of piperazine rings is 1. The lowest BCUT2D eigenvalue weighted by atomic mass is 10.2. The lowest BCUT2D eigenvalue weighted by Gasteiger charge is -2.34. The highest BCUT2D eigenvalue weighted by Gasteiger charge is 2.31. The van der Waals surface area contributed by atoms with Crippen LogP contribution in [0.25, 0.3) is 0 Å². The molecule has 2 N–H and O–H groups in total. The van der Waals surface area contributed by atoms with Crippen molar-refractivity contribution < 1.29 is 23.6 Å². The van der Waals surface area contributed by atoms with E-state index in [-0.39, 0.29) is 17.9 Å². The van der Waals surface area contributed by atoms with E-state index >= 15 is 0 Å². The first kappa shape index (κ1) is 19.0. The van der Waals surface area contributed by atoms with E-state index in [1.54, 1.807) is 24.1 Å². The number of carbonyl (C=O) groups excluding carboxylic acids is 2. The highest BCUT2D eigenvalue weighted by Crippen LogP contribution is 2.11. The maximum absolute atomic E-state index is 12.5. The van der Waals surface area contributed by atoms with E-state index in [0.717, 1.165) is 24.4 Å². The smallest absolute Gasteiger partial charge is 0.289 e. The molecule has 0 radical (unpaired) electrons. The summed E-state index contributed by atoms with van der Waals surface area (Å²) in [5.74, 6) is 1.09. The minimum atomic E-state index is -0.163. The molecule has 1 fully saturated rings. The fourth-order valence-corrected chi connectivity index (χ4v) is 3.26. The van der Waals surface area contributed by atoms with Crippen LogP contribution in [0.2, 0.25) is 0 Å². The lowest BCUT2D eigenvalue weighted by Crippen LogP contribution is -3.19. The Morgan fingerprint density at radius 3 is 2.52 bits per heavy atom. The lowest BCUT2D eigenvalue weighted by molar-refractivity contribution is -0.917. The molecule has 1 aromatic carbocycles. The molecule has 0 unspecified atom stereocenters. The molecule has 144 valence electrons. The Kier molecular flexibility index (Phi) is 6.13. The molecule has 1 aliphatic rings. The Morgan fingerprint density at radius 2 is 1.93 bits per heavy atom. The minimum Gasteiger partial charge on any atom is -0.497 e. The zero-order valence-corrected chi connectivity index (χ0v) is 15.7. The Balaban J connectivity index is 1.45. The normalized spacial score (nSPS) is 16.0. The molecule has 0 saturated carbocycles. The average Bonchev–Trinajstić information content (AvgIpc) is 3.26. The number of furan rings is 1. The first-order valence-corrected chi connectivity index (χ1v) is 9.16. The monoisotopic (exact) mass is 372 g/mol. The fourth-order valence-electron chi connectivity index (χ4n) is 3.26. The van der Waals surface area contributed by atoms with Crippen LogP contribution in [0.4, 0.5) is 0 Å². The third-order valence-electron chi connectivity index (χ3n) is 5.06. The molecule has 27 heavy (non-hydrogen) atoms. The molecule has 7 nitrogen and oxygen atoms in total. The Morgan fingerprint density at radius 1 is 1.22 bits per heavy atom. The van der Waals surface area contributed by atoms with Crippen molar-refractivity contribution >= 4 is 11.8 Å². The fraction of sp³-hybridized carbons (Fsp3) is 0.400. The molecule has 2 aromatic rings. The zero-order valence-electron chi connectivity index (χ0n) is 15.7. The van der Waals surface area contributed by atoms with Crippen LogP contribution in [0.5, 0.6) is 5.75 Å². The van der Waals surface area contributed by atoms with Gasteiger partial charge in [0.05, 0.1) is 39.6 Å². The maximum atomic E-state index is 12.5. The number of carbonyl (C=O) groups is 2. The van der Waals surface area contributed by atoms with Crippen LogP contribution in [0.1, 0.15) is 23.0 Å². The highest BCUT2D eigenvalue weighted by atomic mass is 16.5. The predicted octanol–water partition coefficient (Wildman–Crippen LogP) is 0.334. The van der Waals surface area contributed by atoms with Gasteiger partial charge in [0.25, 0.3) is 11.8 Å². The molecule has 1 atom stereocenters. The van der Waals surface area contributed by atoms with Gasteiger partial charge >= 0.3 is 0 Å². The van der Waals surface area contributed by atoms with Crippen LogP contribution < -0.4 is 15.0 Å². The van der Waals surface area contributed by atoms with E-state index in [1.165, 1.54) is 11.2 Å². The maximum Gasteiger partial charge on any atom is 0.289 e. The van der Waals surface area contributed by atoms with Crippen molar-refractivity contribution in [3.63, 3.8) is 0 Å². The van der Waals surface area contributed by atoms with Gasteiger partial charge in [-0.25, -0.2) is 0 Å². The van der Waals surface area contributed by atoms with Gasteiger partial charge in [0, 0.05) is 6.54 Å². The van der Waals surface area contributed by atoms with Gasteiger partial charge in [0.2, 0.25) is 0 Å². The molecular weight excluding hydrogens is 346 g/mol. The summed E-state index contributed by atoms with van der Waals surface area (Å²) in [7, 11) is 1.63. The van der Waals surface area contributed by atoms with Crippen LogP contribution in [0.15, 0.2) is 47.1 Å². The van der Waals surface area contributed by atoms with Crippen molar-refractivity contribution in [1.82, 2.24) is 10.2 Å². The van der Waals surface area contributed by atoms with E-state index in [0.29, 0.717) is 25.4 Å². The number of amides is 2. The highest BCUT2D eigenvalue weighted by molar-refractivity contribution is 5.91. The second-order valence-corrected chi connectivity index (χ2v) is 6.72. The third-order valence-corrected chi connectivity index (χ3v) is 5.06. The summed E-state index contributed by atoms with van der Waals surface area (Å²) < 4.78 is 10.3. The first-order valence-electron chi connectivity index (χ1n) is 9.16. The van der Waals surface area contributed by atoms with Gasteiger partial charge in [0.15, 0.2) is 11.8 Å². The summed E-state index contributed by atoms with van der Waals surface area (Å²) in [6.07, 6.45) is 1.50. The van der Waals surface area contributed by atoms with Crippen molar-refractivity contribution in [3.05, 3.63) is 54.0 Å². The van der Waals surface area contributed by atoms with Crippen molar-refractivity contribution in [2.24, 2.45) is 0 Å². The zero-order chi connectivity index (χ0) is 19.2. The number of ether oxygens (including phenoxy) is 1. The largest absolute Gasteiger partial charge is 0.497 e. The van der Waals surface area contributed by atoms with Crippen LogP contribution in [-0.2, 0) is 11.3 Å². The Labute approximate surface area is 158 Å². The quantitative estimate of drug-likeness (QED) is 0.767. The minimum absolute atomic E-state index is 0.0200. The number of methoxy groups -OCH3 is 1. The van der Waals surface area contributed by atoms with Crippen LogP contribution in [-0.4, -0.2) is 56.0 Å². The van der Waals surface area contributed by atoms with Gasteiger partial charge in [-0.3, -0.25) is 9.59 Å². The molecule has 2 amide bonds. The molecule has 2 heterocycles. The summed E-state index contributed by atoms with van der Waals surface area (Å²) in [4.78, 5) is 27.8. The first-order chi connectivity index (χ1) is 13.1. The van der Waals surface area contributed by atoms with E-state index in [9.17, 15) is 9.59 Å². The second-order valence-electron chi connectivity index (χ2n) is 6.72. The van der Waals surface area contributed by atoms with Gasteiger partial charge in [-0.1, -0.05) is 12.1 Å². The summed E-state index contributed by atoms with van der Waals surface area (Å²) in [5.41, 5.74) is 1.03. The van der Waals surface area contributed by atoms with Crippen LogP contribution in [0.3, 0.4) is 0 Å². The molecule has 0 aliphatic carbocycles. The number of quaternary nitrogens is 1. The van der Waals surface area contributed by atoms with Crippen molar-refractivity contribution in [1.29, 1.82) is 0 Å². The second kappa shape index (κ2) is 8.73. The predicted molar refractivity (Wildman–Crippen MR) is 99.6 cm³/mol. The summed E-state index contributed by atoms with van der Waals surface area (Å²) in [5, 5.41) is 2.99. The summed E-state index contributed by atoms with van der Waals surface area (Å²) in [6.45, 7) is 5.13. The van der Waals surface area contributed by atoms with Gasteiger partial charge in [-0.2, -0.15) is 0 Å². The van der Waals surface area contributed by atoms with E-state index in [2.05, 4.69) is 5.32 Å². The van der Waals surface area contributed by atoms with Gasteiger partial charge in [-0.05, 0) is 36.8 Å². The molecular formula is C20H26N3O4+. The summed E-state index contributed by atoms with van der Waals surface area (Å²) in [6, 6.07) is 10.9. The third kappa shape index (κ3) is 4.68. The topological polar surface area (TPSA) is 76.2 Å².